The third kappa shape index (κ3) is 8.70. The summed E-state index contributed by atoms with van der Waals surface area (Å²) in [6, 6.07) is 12.4. The van der Waals surface area contributed by atoms with Crippen LogP contribution in [0.4, 0.5) is 0 Å². The Bertz CT molecular complexity index is 2020. The van der Waals surface area contributed by atoms with E-state index in [9.17, 15) is 48.9 Å². The van der Waals surface area contributed by atoms with Gasteiger partial charge in [0, 0.05) is 25.2 Å². The Morgan fingerprint density at radius 2 is 1.12 bits per heavy atom. The number of aliphatic hydroxyl groups excluding tert-OH is 2. The van der Waals surface area contributed by atoms with Crippen LogP contribution in [0.2, 0.25) is 0 Å². The standard InChI is InChI=1S/C23H28N2O7.C17H18N2O5.Na/c1-12(26)17-16-10-15(13-6-8-14(9-7-13)19(27)24-5)18(25(16)20(17)28)21(29)31-11-32-22(30)23(2,3)4;1-8(20)13-12-7-11(14(17(23)24)19(12)16(13)22)9-3-5-10(6-4-9)15(21)18-2;/h6-9,12,16-17,26H,10-11H2,1-5H3,(H,24,27);3-6,8,12-13,20H,7H2,1-2H3,(H,18,21)(H,23,24);/q;;+1/p-1/t12-,16-,17-;8-,12-,13-;/m11./s1. The van der Waals surface area contributed by atoms with E-state index in [1.54, 1.807) is 76.2 Å². The molecule has 4 amide bonds. The second-order valence-electron chi connectivity index (χ2n) is 15.0. The van der Waals surface area contributed by atoms with Crippen LogP contribution in [0.5, 0.6) is 0 Å². The van der Waals surface area contributed by atoms with Crippen LogP contribution in [0.1, 0.15) is 79.3 Å². The second-order valence-corrected chi connectivity index (χ2v) is 15.0. The molecule has 4 aliphatic rings. The molecule has 6 rings (SSSR count). The molecule has 6 atom stereocenters. The first-order valence-electron chi connectivity index (χ1n) is 18.0. The molecule has 298 valence electrons. The number of nitrogens with one attached hydrogen (secondary N) is 2. The fourth-order valence-corrected chi connectivity index (χ4v) is 7.39. The number of carbonyl (C=O) groups is 7. The fraction of sp³-hybridized carbons (Fsp3) is 0.425. The topological polar surface area (TPSA) is 232 Å². The van der Waals surface area contributed by atoms with Crippen LogP contribution in [0.15, 0.2) is 59.9 Å². The summed E-state index contributed by atoms with van der Waals surface area (Å²) < 4.78 is 10.2. The van der Waals surface area contributed by atoms with Crippen molar-refractivity contribution in [3.8, 4) is 0 Å². The minimum atomic E-state index is -1.42. The van der Waals surface area contributed by atoms with Crippen molar-refractivity contribution in [1.29, 1.82) is 0 Å². The van der Waals surface area contributed by atoms with Crippen molar-refractivity contribution in [2.45, 2.75) is 71.8 Å². The molecule has 2 aromatic rings. The zero-order chi connectivity index (χ0) is 41.4. The van der Waals surface area contributed by atoms with Crippen LogP contribution in [0, 0.1) is 17.3 Å². The first-order chi connectivity index (χ1) is 26.3. The molecule has 2 aromatic carbocycles. The number of hydrogen-bond donors (Lipinski definition) is 4. The molecule has 4 N–H and O–H groups in total. The zero-order valence-electron chi connectivity index (χ0n) is 33.1. The van der Waals surface area contributed by atoms with Crippen molar-refractivity contribution >= 4 is 52.7 Å². The van der Waals surface area contributed by atoms with Gasteiger partial charge in [-0.15, -0.1) is 0 Å². The van der Waals surface area contributed by atoms with E-state index in [0.29, 0.717) is 46.2 Å². The minimum Gasteiger partial charge on any atom is -0.543 e. The van der Waals surface area contributed by atoms with Crippen LogP contribution in [0.3, 0.4) is 0 Å². The van der Waals surface area contributed by atoms with Crippen LogP contribution < -0.4 is 45.3 Å². The van der Waals surface area contributed by atoms with Crippen LogP contribution in [0.25, 0.3) is 11.1 Å². The molecule has 0 aromatic heterocycles. The van der Waals surface area contributed by atoms with Gasteiger partial charge in [0.1, 0.15) is 5.70 Å². The Kier molecular flexibility index (Phi) is 13.9. The average molecular weight is 797 g/mol. The number of hydrogen-bond acceptors (Lipinski definition) is 12. The molecule has 0 bridgehead atoms. The number of ether oxygens (including phenoxy) is 2. The number of benzene rings is 2. The molecule has 0 radical (unpaired) electrons. The van der Waals surface area contributed by atoms with Gasteiger partial charge in [0.05, 0.1) is 53.2 Å². The molecule has 2 fully saturated rings. The Morgan fingerprint density at radius 3 is 1.47 bits per heavy atom. The molecular formula is C40H45N4NaO12. The molecular weight excluding hydrogens is 751 g/mol. The van der Waals surface area contributed by atoms with Gasteiger partial charge in [0.15, 0.2) is 0 Å². The van der Waals surface area contributed by atoms with E-state index in [-0.39, 0.29) is 70.8 Å². The first kappa shape index (κ1) is 44.8. The predicted octanol–water partition coefficient (Wildman–Crippen LogP) is -2.42. The van der Waals surface area contributed by atoms with Gasteiger partial charge in [-0.3, -0.25) is 24.0 Å². The van der Waals surface area contributed by atoms with E-state index >= 15 is 0 Å². The summed E-state index contributed by atoms with van der Waals surface area (Å²) in [6.45, 7) is 7.52. The van der Waals surface area contributed by atoms with Gasteiger partial charge in [-0.2, -0.15) is 0 Å². The van der Waals surface area contributed by atoms with E-state index in [1.165, 1.54) is 30.8 Å². The van der Waals surface area contributed by atoms with Gasteiger partial charge in [0.2, 0.25) is 18.6 Å². The SMILES string of the molecule is CNC(=O)c1ccc(C2=C(C(=O)OCOC(=O)C(C)(C)C)N3C(=O)[C@H]([C@@H](C)O)[C@H]3C2)cc1.CNC(=O)c1ccc(C2=C(C(=O)[O-])N3C(=O)[C@H]([C@@H](C)O)[C@H]3C2)cc1.[Na+]. The Balaban J connectivity index is 0.000000258. The van der Waals surface area contributed by atoms with Crippen molar-refractivity contribution < 1.29 is 87.9 Å². The number of aliphatic hydroxyl groups is 2. The van der Waals surface area contributed by atoms with E-state index in [0.717, 1.165) is 0 Å². The summed E-state index contributed by atoms with van der Waals surface area (Å²) in [4.78, 5) is 87.1. The number of carboxylic acids is 1. The Labute approximate surface area is 351 Å². The molecule has 0 spiro atoms. The summed E-state index contributed by atoms with van der Waals surface area (Å²) >= 11 is 0. The van der Waals surface area contributed by atoms with E-state index in [4.69, 9.17) is 9.47 Å². The number of rotatable bonds is 10. The number of esters is 2. The second kappa shape index (κ2) is 17.7. The predicted molar refractivity (Wildman–Crippen MR) is 196 cm³/mol. The third-order valence-corrected chi connectivity index (χ3v) is 10.3. The number of aliphatic carboxylic acids is 1. The number of carboxylic acid groups (broad SMARTS) is 1. The van der Waals surface area contributed by atoms with Crippen molar-refractivity contribution in [3.05, 3.63) is 82.2 Å². The smallest absolute Gasteiger partial charge is 0.543 e. The molecule has 0 aliphatic carbocycles. The van der Waals surface area contributed by atoms with Gasteiger partial charge >= 0.3 is 41.5 Å². The molecule has 4 aliphatic heterocycles. The first-order valence-corrected chi connectivity index (χ1v) is 18.0. The van der Waals surface area contributed by atoms with Crippen molar-refractivity contribution in [2.24, 2.45) is 17.3 Å². The number of carbonyl (C=O) groups excluding carboxylic acids is 7. The Hall–Kier alpha value is -4.87. The maximum absolute atomic E-state index is 12.9. The molecule has 2 saturated heterocycles. The van der Waals surface area contributed by atoms with Crippen LogP contribution in [-0.4, -0.2) is 107 Å². The van der Waals surface area contributed by atoms with Crippen molar-refractivity contribution in [2.75, 3.05) is 20.9 Å². The Morgan fingerprint density at radius 1 is 0.737 bits per heavy atom. The quantitative estimate of drug-likeness (QED) is 0.0853. The molecule has 17 heteroatoms. The van der Waals surface area contributed by atoms with Crippen LogP contribution >= 0.6 is 0 Å². The van der Waals surface area contributed by atoms with Gasteiger partial charge in [0.25, 0.3) is 11.8 Å². The van der Waals surface area contributed by atoms with E-state index < -0.39 is 60.1 Å². The van der Waals surface area contributed by atoms with Crippen LogP contribution in [-0.2, 0) is 33.4 Å². The van der Waals surface area contributed by atoms with Gasteiger partial charge in [-0.25, -0.2) is 4.79 Å². The largest absolute Gasteiger partial charge is 1.00 e. The number of nitrogens with zero attached hydrogens (tertiary/aromatic N) is 2. The molecule has 16 nitrogen and oxygen atoms in total. The maximum atomic E-state index is 12.9. The fourth-order valence-electron chi connectivity index (χ4n) is 7.39. The number of β-lactam (4-membered cyclic amide) rings is 2. The summed E-state index contributed by atoms with van der Waals surface area (Å²) in [5.74, 6) is -5.19. The molecule has 57 heavy (non-hydrogen) atoms. The number of amides is 4. The van der Waals surface area contributed by atoms with Gasteiger partial charge in [-0.1, -0.05) is 24.3 Å². The number of fused-ring (bicyclic) bond motifs is 2. The summed E-state index contributed by atoms with van der Waals surface area (Å²) in [7, 11) is 3.06. The molecule has 0 saturated carbocycles. The van der Waals surface area contributed by atoms with E-state index in [1.807, 2.05) is 0 Å². The van der Waals surface area contributed by atoms with Gasteiger partial charge in [-0.05, 0) is 94.0 Å². The average Bonchev–Trinajstić information content (AvgIpc) is 3.67. The zero-order valence-corrected chi connectivity index (χ0v) is 35.1. The summed E-state index contributed by atoms with van der Waals surface area (Å²) in [6.07, 6.45) is -1.00. The molecule has 4 heterocycles. The maximum Gasteiger partial charge on any atom is 1.00 e. The van der Waals surface area contributed by atoms with Crippen molar-refractivity contribution in [3.63, 3.8) is 0 Å². The molecule has 0 unspecified atom stereocenters. The monoisotopic (exact) mass is 796 g/mol. The van der Waals surface area contributed by atoms with Crippen molar-refractivity contribution in [1.82, 2.24) is 20.4 Å². The minimum absolute atomic E-state index is 0. The summed E-state index contributed by atoms with van der Waals surface area (Å²) in [5, 5.41) is 36.3. The summed E-state index contributed by atoms with van der Waals surface area (Å²) in [5.41, 5.74) is 2.41. The van der Waals surface area contributed by atoms with Gasteiger partial charge < -0.3 is 50.0 Å². The third-order valence-electron chi connectivity index (χ3n) is 10.3. The normalized spacial score (nSPS) is 21.7. The van der Waals surface area contributed by atoms with E-state index in [2.05, 4.69) is 10.6 Å².